The Hall–Kier alpha value is -3.78. The van der Waals surface area contributed by atoms with E-state index in [9.17, 15) is 9.59 Å². The van der Waals surface area contributed by atoms with Crippen molar-refractivity contribution in [2.24, 2.45) is 0 Å². The Bertz CT molecular complexity index is 1300. The SMILES string of the molecule is CCOC(=O)c1nc(N(CCc2ccccc2)C(=O)Cc2nc(-c3ccccc3)oc2C)sc1C. The minimum Gasteiger partial charge on any atom is -0.461 e. The maximum absolute atomic E-state index is 13.5. The molecule has 0 unspecified atom stereocenters. The van der Waals surface area contributed by atoms with Crippen molar-refractivity contribution in [1.29, 1.82) is 0 Å². The number of oxazole rings is 1. The zero-order valence-corrected chi connectivity index (χ0v) is 20.8. The molecule has 1 amide bonds. The van der Waals surface area contributed by atoms with Crippen LogP contribution in [0.4, 0.5) is 5.13 Å². The molecule has 0 atom stereocenters. The second-order valence-electron chi connectivity index (χ2n) is 7.97. The molecule has 4 aromatic rings. The predicted molar refractivity (Wildman–Crippen MR) is 136 cm³/mol. The summed E-state index contributed by atoms with van der Waals surface area (Å²) in [7, 11) is 0. The second kappa shape index (κ2) is 11.1. The van der Waals surface area contributed by atoms with Crippen molar-refractivity contribution >= 4 is 28.3 Å². The molecule has 0 aliphatic rings. The van der Waals surface area contributed by atoms with Gasteiger partial charge in [-0.05, 0) is 44.9 Å². The summed E-state index contributed by atoms with van der Waals surface area (Å²) in [5.74, 6) is 0.433. The first-order valence-corrected chi connectivity index (χ1v) is 12.3. The molecule has 4 rings (SSSR count). The van der Waals surface area contributed by atoms with E-state index in [0.717, 1.165) is 11.1 Å². The number of thiazole rings is 1. The van der Waals surface area contributed by atoms with E-state index in [1.54, 1.807) is 18.7 Å². The van der Waals surface area contributed by atoms with Gasteiger partial charge in [0.15, 0.2) is 10.8 Å². The number of ether oxygens (including phenoxy) is 1. The predicted octanol–water partition coefficient (Wildman–Crippen LogP) is 5.41. The zero-order chi connectivity index (χ0) is 24.8. The molecule has 35 heavy (non-hydrogen) atoms. The Labute approximate surface area is 208 Å². The molecule has 7 nitrogen and oxygen atoms in total. The largest absolute Gasteiger partial charge is 0.461 e. The van der Waals surface area contributed by atoms with Gasteiger partial charge in [0.1, 0.15) is 5.76 Å². The maximum Gasteiger partial charge on any atom is 0.358 e. The smallest absolute Gasteiger partial charge is 0.358 e. The van der Waals surface area contributed by atoms with Crippen molar-refractivity contribution in [2.45, 2.75) is 33.6 Å². The minimum absolute atomic E-state index is 0.0598. The molecule has 0 saturated carbocycles. The van der Waals surface area contributed by atoms with Crippen LogP contribution in [0.3, 0.4) is 0 Å². The lowest BCUT2D eigenvalue weighted by molar-refractivity contribution is -0.118. The van der Waals surface area contributed by atoms with E-state index >= 15 is 0 Å². The molecular formula is C27H27N3O4S. The van der Waals surface area contributed by atoms with Crippen molar-refractivity contribution in [3.05, 3.63) is 88.3 Å². The number of esters is 1. The Kier molecular flexibility index (Phi) is 7.72. The number of amides is 1. The van der Waals surface area contributed by atoms with Crippen molar-refractivity contribution in [2.75, 3.05) is 18.1 Å². The number of rotatable bonds is 9. The lowest BCUT2D eigenvalue weighted by Crippen LogP contribution is -2.34. The van der Waals surface area contributed by atoms with Gasteiger partial charge in [-0.3, -0.25) is 9.69 Å². The topological polar surface area (TPSA) is 85.5 Å². The molecule has 0 saturated heterocycles. The van der Waals surface area contributed by atoms with Gasteiger partial charge in [-0.1, -0.05) is 48.5 Å². The number of anilines is 1. The van der Waals surface area contributed by atoms with Gasteiger partial charge in [0.2, 0.25) is 11.8 Å². The van der Waals surface area contributed by atoms with Gasteiger partial charge in [0, 0.05) is 17.0 Å². The van der Waals surface area contributed by atoms with Gasteiger partial charge in [-0.2, -0.15) is 0 Å². The van der Waals surface area contributed by atoms with Gasteiger partial charge in [-0.15, -0.1) is 11.3 Å². The number of carbonyl (C=O) groups is 2. The van der Waals surface area contributed by atoms with E-state index in [1.165, 1.54) is 11.3 Å². The quantitative estimate of drug-likeness (QED) is 0.292. The summed E-state index contributed by atoms with van der Waals surface area (Å²) in [6, 6.07) is 19.5. The molecule has 2 aromatic heterocycles. The first-order chi connectivity index (χ1) is 17.0. The Balaban J connectivity index is 1.60. The number of carbonyl (C=O) groups excluding carboxylic acids is 2. The fourth-order valence-corrected chi connectivity index (χ4v) is 4.57. The number of hydrogen-bond donors (Lipinski definition) is 0. The van der Waals surface area contributed by atoms with E-state index in [1.807, 2.05) is 67.6 Å². The third kappa shape index (κ3) is 5.84. The number of hydrogen-bond acceptors (Lipinski definition) is 7. The third-order valence-electron chi connectivity index (χ3n) is 5.49. The first kappa shape index (κ1) is 24.3. The highest BCUT2D eigenvalue weighted by Gasteiger charge is 2.25. The standard InChI is InChI=1S/C27H27N3O4S/c1-4-33-26(32)24-19(3)35-27(29-24)30(16-15-20-11-7-5-8-12-20)23(31)17-22-18(2)34-25(28-22)21-13-9-6-10-14-21/h5-14H,4,15-17H2,1-3H3. The summed E-state index contributed by atoms with van der Waals surface area (Å²) in [4.78, 5) is 37.3. The summed E-state index contributed by atoms with van der Waals surface area (Å²) in [6.07, 6.45) is 0.706. The van der Waals surface area contributed by atoms with Crippen molar-refractivity contribution < 1.29 is 18.7 Å². The fraction of sp³-hybridized carbons (Fsp3) is 0.259. The molecule has 8 heteroatoms. The van der Waals surface area contributed by atoms with Crippen LogP contribution >= 0.6 is 11.3 Å². The van der Waals surface area contributed by atoms with Crippen LogP contribution < -0.4 is 4.90 Å². The maximum atomic E-state index is 13.5. The summed E-state index contributed by atoms with van der Waals surface area (Å²) in [5.41, 5.74) is 2.78. The average molecular weight is 490 g/mol. The van der Waals surface area contributed by atoms with Gasteiger partial charge >= 0.3 is 5.97 Å². The van der Waals surface area contributed by atoms with E-state index in [0.29, 0.717) is 40.3 Å². The van der Waals surface area contributed by atoms with Crippen LogP contribution in [-0.4, -0.2) is 35.0 Å². The second-order valence-corrected chi connectivity index (χ2v) is 9.15. The molecule has 0 N–H and O–H groups in total. The molecule has 2 heterocycles. The molecule has 0 spiro atoms. The van der Waals surface area contributed by atoms with Crippen molar-refractivity contribution in [3.8, 4) is 11.5 Å². The van der Waals surface area contributed by atoms with Crippen LogP contribution in [0.25, 0.3) is 11.5 Å². The van der Waals surface area contributed by atoms with E-state index in [2.05, 4.69) is 9.97 Å². The van der Waals surface area contributed by atoms with Crippen LogP contribution in [0.15, 0.2) is 65.1 Å². The lowest BCUT2D eigenvalue weighted by atomic mass is 10.1. The highest BCUT2D eigenvalue weighted by Crippen LogP contribution is 2.28. The van der Waals surface area contributed by atoms with Crippen LogP contribution in [0.1, 0.15) is 39.3 Å². The normalized spacial score (nSPS) is 10.8. The molecule has 0 aliphatic heterocycles. The minimum atomic E-state index is -0.484. The van der Waals surface area contributed by atoms with Crippen LogP contribution in [0, 0.1) is 13.8 Å². The van der Waals surface area contributed by atoms with Gasteiger partial charge in [0.05, 0.1) is 18.7 Å². The zero-order valence-electron chi connectivity index (χ0n) is 20.0. The Morgan fingerprint density at radius 2 is 1.69 bits per heavy atom. The molecule has 2 aromatic carbocycles. The van der Waals surface area contributed by atoms with Crippen LogP contribution in [-0.2, 0) is 22.4 Å². The average Bonchev–Trinajstić information content (AvgIpc) is 3.43. The fourth-order valence-electron chi connectivity index (χ4n) is 3.63. The number of aryl methyl sites for hydroxylation is 2. The summed E-state index contributed by atoms with van der Waals surface area (Å²) in [6.45, 7) is 6.04. The first-order valence-electron chi connectivity index (χ1n) is 11.5. The molecule has 0 radical (unpaired) electrons. The van der Waals surface area contributed by atoms with E-state index in [4.69, 9.17) is 9.15 Å². The van der Waals surface area contributed by atoms with Gasteiger partial charge in [-0.25, -0.2) is 14.8 Å². The number of benzene rings is 2. The van der Waals surface area contributed by atoms with E-state index < -0.39 is 5.97 Å². The highest BCUT2D eigenvalue weighted by molar-refractivity contribution is 7.16. The Morgan fingerprint density at radius 3 is 2.37 bits per heavy atom. The summed E-state index contributed by atoms with van der Waals surface area (Å²) >= 11 is 1.31. The molecule has 0 fully saturated rings. The van der Waals surface area contributed by atoms with Gasteiger partial charge in [0.25, 0.3) is 0 Å². The van der Waals surface area contributed by atoms with Crippen molar-refractivity contribution in [3.63, 3.8) is 0 Å². The summed E-state index contributed by atoms with van der Waals surface area (Å²) in [5, 5.41) is 0.468. The molecule has 180 valence electrons. The van der Waals surface area contributed by atoms with Crippen molar-refractivity contribution in [1.82, 2.24) is 9.97 Å². The number of aromatic nitrogens is 2. The molecule has 0 aliphatic carbocycles. The number of nitrogens with zero attached hydrogens (tertiary/aromatic N) is 3. The Morgan fingerprint density at radius 1 is 1.00 bits per heavy atom. The monoisotopic (exact) mass is 489 g/mol. The molecule has 0 bridgehead atoms. The van der Waals surface area contributed by atoms with Gasteiger partial charge < -0.3 is 9.15 Å². The third-order valence-corrected chi connectivity index (χ3v) is 6.48. The highest BCUT2D eigenvalue weighted by atomic mass is 32.1. The van der Waals surface area contributed by atoms with Crippen LogP contribution in [0.5, 0.6) is 0 Å². The van der Waals surface area contributed by atoms with Crippen LogP contribution in [0.2, 0.25) is 0 Å². The molecular weight excluding hydrogens is 462 g/mol. The summed E-state index contributed by atoms with van der Waals surface area (Å²) < 4.78 is 11.0. The lowest BCUT2D eigenvalue weighted by Gasteiger charge is -2.19. The van der Waals surface area contributed by atoms with E-state index in [-0.39, 0.29) is 24.6 Å².